The van der Waals surface area contributed by atoms with Crippen molar-refractivity contribution in [2.75, 3.05) is 5.32 Å². The number of anilines is 1. The van der Waals surface area contributed by atoms with Gasteiger partial charge in [0, 0.05) is 16.3 Å². The molecule has 3 heterocycles. The van der Waals surface area contributed by atoms with Gasteiger partial charge in [-0.1, -0.05) is 41.6 Å². The number of hydrogen-bond donors (Lipinski definition) is 1. The van der Waals surface area contributed by atoms with Crippen LogP contribution in [0.25, 0.3) is 27.2 Å². The summed E-state index contributed by atoms with van der Waals surface area (Å²) in [5.74, 6) is 0.0399. The molecular weight excluding hydrogens is 386 g/mol. The van der Waals surface area contributed by atoms with Gasteiger partial charge in [0.1, 0.15) is 5.69 Å². The van der Waals surface area contributed by atoms with Crippen LogP contribution in [0.15, 0.2) is 52.4 Å². The van der Waals surface area contributed by atoms with Crippen molar-refractivity contribution in [2.45, 2.75) is 20.3 Å². The molecule has 1 N–H and O–H groups in total. The SMILES string of the molecule is Cc1cc(C)c2onc(CC(=O)Nc3nc4scc(-c5ccccc5)n4n3)c2c1. The second-order valence-corrected chi connectivity index (χ2v) is 7.77. The zero-order valence-electron chi connectivity index (χ0n) is 15.8. The third-order valence-corrected chi connectivity index (χ3v) is 5.52. The number of aryl methyl sites for hydroxylation is 2. The maximum atomic E-state index is 12.6. The summed E-state index contributed by atoms with van der Waals surface area (Å²) in [6, 6.07) is 14.0. The fraction of sp³-hybridized carbons (Fsp3) is 0.143. The van der Waals surface area contributed by atoms with Gasteiger partial charge in [-0.05, 0) is 31.0 Å². The van der Waals surface area contributed by atoms with Crippen molar-refractivity contribution in [2.24, 2.45) is 0 Å². The summed E-state index contributed by atoms with van der Waals surface area (Å²) in [6.45, 7) is 3.98. The van der Waals surface area contributed by atoms with E-state index in [9.17, 15) is 4.79 Å². The van der Waals surface area contributed by atoms with Gasteiger partial charge < -0.3 is 4.52 Å². The zero-order valence-corrected chi connectivity index (χ0v) is 16.7. The van der Waals surface area contributed by atoms with Crippen LogP contribution in [0, 0.1) is 13.8 Å². The number of nitrogens with one attached hydrogen (secondary N) is 1. The van der Waals surface area contributed by atoms with E-state index in [4.69, 9.17) is 4.52 Å². The molecular formula is C21H17N5O2S. The second-order valence-electron chi connectivity index (χ2n) is 6.93. The number of amides is 1. The van der Waals surface area contributed by atoms with Crippen molar-refractivity contribution in [1.82, 2.24) is 19.8 Å². The van der Waals surface area contributed by atoms with Crippen LogP contribution in [-0.2, 0) is 11.2 Å². The van der Waals surface area contributed by atoms with Crippen LogP contribution in [0.4, 0.5) is 5.95 Å². The van der Waals surface area contributed by atoms with Crippen molar-refractivity contribution in [3.05, 3.63) is 64.7 Å². The molecule has 0 saturated carbocycles. The highest BCUT2D eigenvalue weighted by Gasteiger charge is 2.17. The molecule has 5 rings (SSSR count). The van der Waals surface area contributed by atoms with Gasteiger partial charge in [-0.2, -0.15) is 4.98 Å². The van der Waals surface area contributed by atoms with E-state index in [2.05, 4.69) is 20.6 Å². The van der Waals surface area contributed by atoms with E-state index < -0.39 is 0 Å². The maximum absolute atomic E-state index is 12.6. The summed E-state index contributed by atoms with van der Waals surface area (Å²) in [6.07, 6.45) is 0.0916. The van der Waals surface area contributed by atoms with Gasteiger partial charge in [0.2, 0.25) is 16.8 Å². The van der Waals surface area contributed by atoms with Gasteiger partial charge in [-0.3, -0.25) is 10.1 Å². The summed E-state index contributed by atoms with van der Waals surface area (Å²) in [7, 11) is 0. The number of benzene rings is 2. The quantitative estimate of drug-likeness (QED) is 0.481. The lowest BCUT2D eigenvalue weighted by atomic mass is 10.1. The molecule has 0 unspecified atom stereocenters. The number of nitrogens with zero attached hydrogens (tertiary/aromatic N) is 4. The van der Waals surface area contributed by atoms with Crippen LogP contribution < -0.4 is 5.32 Å². The van der Waals surface area contributed by atoms with Crippen LogP contribution in [-0.4, -0.2) is 25.7 Å². The largest absolute Gasteiger partial charge is 0.356 e. The van der Waals surface area contributed by atoms with Gasteiger partial charge in [0.05, 0.1) is 12.1 Å². The minimum Gasteiger partial charge on any atom is -0.356 e. The standard InChI is InChI=1S/C21H17N5O2S/c1-12-8-13(2)19-15(9-12)16(25-28-19)10-18(27)22-20-23-21-26(24-20)17(11-29-21)14-6-4-3-5-7-14/h3-9,11H,10H2,1-2H3,(H,22,24,27). The average molecular weight is 403 g/mol. The van der Waals surface area contributed by atoms with Crippen molar-refractivity contribution >= 4 is 39.1 Å². The smallest absolute Gasteiger partial charge is 0.250 e. The Morgan fingerprint density at radius 1 is 1.21 bits per heavy atom. The van der Waals surface area contributed by atoms with Crippen molar-refractivity contribution in [3.63, 3.8) is 0 Å². The molecule has 0 spiro atoms. The molecule has 144 valence electrons. The predicted molar refractivity (Wildman–Crippen MR) is 112 cm³/mol. The highest BCUT2D eigenvalue weighted by molar-refractivity contribution is 7.15. The Morgan fingerprint density at radius 2 is 2.03 bits per heavy atom. The normalized spacial score (nSPS) is 11.4. The fourth-order valence-electron chi connectivity index (χ4n) is 3.43. The molecule has 0 saturated heterocycles. The summed E-state index contributed by atoms with van der Waals surface area (Å²) in [4.78, 5) is 17.7. The van der Waals surface area contributed by atoms with Gasteiger partial charge in [0.15, 0.2) is 5.58 Å². The zero-order chi connectivity index (χ0) is 20.0. The lowest BCUT2D eigenvalue weighted by molar-refractivity contribution is -0.115. The Balaban J connectivity index is 1.39. The maximum Gasteiger partial charge on any atom is 0.250 e. The van der Waals surface area contributed by atoms with Crippen LogP contribution in [0.3, 0.4) is 0 Å². The molecule has 7 nitrogen and oxygen atoms in total. The molecule has 0 atom stereocenters. The highest BCUT2D eigenvalue weighted by Crippen LogP contribution is 2.26. The lowest BCUT2D eigenvalue weighted by Gasteiger charge is -2.00. The Bertz CT molecular complexity index is 1350. The molecule has 2 aromatic carbocycles. The second kappa shape index (κ2) is 6.82. The molecule has 1 amide bonds. The number of thiazole rings is 1. The molecule has 29 heavy (non-hydrogen) atoms. The van der Waals surface area contributed by atoms with Gasteiger partial charge >= 0.3 is 0 Å². The number of aromatic nitrogens is 4. The molecule has 3 aromatic heterocycles. The van der Waals surface area contributed by atoms with E-state index in [0.29, 0.717) is 11.3 Å². The first-order valence-corrected chi connectivity index (χ1v) is 10.0. The van der Waals surface area contributed by atoms with Crippen molar-refractivity contribution in [1.29, 1.82) is 0 Å². The minimum absolute atomic E-state index is 0.0916. The molecule has 0 aliphatic carbocycles. The third kappa shape index (κ3) is 3.17. The predicted octanol–water partition coefficient (Wildman–Crippen LogP) is 4.40. The number of hydrogen-bond acceptors (Lipinski definition) is 6. The third-order valence-electron chi connectivity index (χ3n) is 4.71. The summed E-state index contributed by atoms with van der Waals surface area (Å²) in [5.41, 5.74) is 5.41. The first-order chi connectivity index (χ1) is 14.1. The summed E-state index contributed by atoms with van der Waals surface area (Å²) in [5, 5.41) is 14.2. The molecule has 0 fully saturated rings. The Kier molecular flexibility index (Phi) is 4.13. The Hall–Kier alpha value is -3.52. The number of carbonyl (C=O) groups is 1. The molecule has 0 aliphatic heterocycles. The van der Waals surface area contributed by atoms with E-state index in [0.717, 1.165) is 32.7 Å². The van der Waals surface area contributed by atoms with Gasteiger partial charge in [-0.25, -0.2) is 4.52 Å². The molecule has 8 heteroatoms. The number of rotatable bonds is 4. The number of fused-ring (bicyclic) bond motifs is 2. The van der Waals surface area contributed by atoms with Crippen LogP contribution in [0.2, 0.25) is 0 Å². The van der Waals surface area contributed by atoms with E-state index in [1.807, 2.05) is 61.7 Å². The Morgan fingerprint density at radius 3 is 2.86 bits per heavy atom. The van der Waals surface area contributed by atoms with Crippen molar-refractivity contribution in [3.8, 4) is 11.3 Å². The van der Waals surface area contributed by atoms with Gasteiger partial charge in [0.25, 0.3) is 0 Å². The molecule has 0 aliphatic rings. The Labute approximate surface area is 170 Å². The average Bonchev–Trinajstić information content (AvgIpc) is 3.37. The van der Waals surface area contributed by atoms with E-state index >= 15 is 0 Å². The van der Waals surface area contributed by atoms with E-state index in [1.54, 1.807) is 4.52 Å². The topological polar surface area (TPSA) is 85.3 Å². The summed E-state index contributed by atoms with van der Waals surface area (Å²) >= 11 is 1.48. The highest BCUT2D eigenvalue weighted by atomic mass is 32.1. The van der Waals surface area contributed by atoms with E-state index in [-0.39, 0.29) is 18.3 Å². The lowest BCUT2D eigenvalue weighted by Crippen LogP contribution is -2.15. The minimum atomic E-state index is -0.237. The van der Waals surface area contributed by atoms with Crippen LogP contribution in [0.1, 0.15) is 16.8 Å². The first-order valence-electron chi connectivity index (χ1n) is 9.13. The number of carbonyl (C=O) groups excluding carboxylic acids is 1. The monoisotopic (exact) mass is 403 g/mol. The van der Waals surface area contributed by atoms with E-state index in [1.165, 1.54) is 11.3 Å². The van der Waals surface area contributed by atoms with Gasteiger partial charge in [-0.15, -0.1) is 16.4 Å². The van der Waals surface area contributed by atoms with Crippen molar-refractivity contribution < 1.29 is 9.32 Å². The molecule has 0 radical (unpaired) electrons. The fourth-order valence-corrected chi connectivity index (χ4v) is 4.26. The summed E-state index contributed by atoms with van der Waals surface area (Å²) < 4.78 is 7.17. The first kappa shape index (κ1) is 17.6. The van der Waals surface area contributed by atoms with Crippen LogP contribution >= 0.6 is 11.3 Å². The van der Waals surface area contributed by atoms with Crippen LogP contribution in [0.5, 0.6) is 0 Å². The molecule has 0 bridgehead atoms. The molecule has 5 aromatic rings.